The summed E-state index contributed by atoms with van der Waals surface area (Å²) in [5.41, 5.74) is 3.95. The van der Waals surface area contributed by atoms with E-state index in [1.54, 1.807) is 0 Å². The SMILES string of the molecule is Cn1cc(CNCC2OCCc3ccccc32)cn1. The number of aromatic nitrogens is 2. The van der Waals surface area contributed by atoms with Gasteiger partial charge < -0.3 is 10.1 Å². The Morgan fingerprint density at radius 1 is 1.42 bits per heavy atom. The van der Waals surface area contributed by atoms with E-state index in [9.17, 15) is 0 Å². The highest BCUT2D eigenvalue weighted by Gasteiger charge is 2.19. The molecule has 1 aliphatic heterocycles. The molecule has 100 valence electrons. The van der Waals surface area contributed by atoms with Crippen LogP contribution >= 0.6 is 0 Å². The first-order chi connectivity index (χ1) is 9.33. The molecule has 3 rings (SSSR count). The van der Waals surface area contributed by atoms with Crippen molar-refractivity contribution < 1.29 is 4.74 Å². The van der Waals surface area contributed by atoms with E-state index < -0.39 is 0 Å². The highest BCUT2D eigenvalue weighted by Crippen LogP contribution is 2.26. The molecule has 19 heavy (non-hydrogen) atoms. The third-order valence-corrected chi connectivity index (χ3v) is 3.51. The summed E-state index contributed by atoms with van der Waals surface area (Å²) in [4.78, 5) is 0. The largest absolute Gasteiger partial charge is 0.372 e. The van der Waals surface area contributed by atoms with Gasteiger partial charge in [-0.25, -0.2) is 0 Å². The number of benzene rings is 1. The van der Waals surface area contributed by atoms with Crippen LogP contribution in [-0.2, 0) is 24.8 Å². The van der Waals surface area contributed by atoms with Gasteiger partial charge >= 0.3 is 0 Å². The molecule has 0 fully saturated rings. The van der Waals surface area contributed by atoms with Crippen LogP contribution in [0.25, 0.3) is 0 Å². The molecule has 0 saturated carbocycles. The molecule has 1 aliphatic rings. The topological polar surface area (TPSA) is 39.1 Å². The molecule has 0 bridgehead atoms. The maximum Gasteiger partial charge on any atom is 0.0952 e. The number of hydrogen-bond donors (Lipinski definition) is 1. The lowest BCUT2D eigenvalue weighted by molar-refractivity contribution is 0.0423. The average Bonchev–Trinajstić information content (AvgIpc) is 2.85. The van der Waals surface area contributed by atoms with Crippen LogP contribution in [0.15, 0.2) is 36.7 Å². The van der Waals surface area contributed by atoms with Crippen LogP contribution in [-0.4, -0.2) is 22.9 Å². The maximum absolute atomic E-state index is 5.86. The molecule has 1 atom stereocenters. The minimum atomic E-state index is 0.168. The van der Waals surface area contributed by atoms with E-state index in [0.29, 0.717) is 0 Å². The van der Waals surface area contributed by atoms with Crippen molar-refractivity contribution in [2.24, 2.45) is 7.05 Å². The van der Waals surface area contributed by atoms with Crippen molar-refractivity contribution in [1.82, 2.24) is 15.1 Å². The fourth-order valence-electron chi connectivity index (χ4n) is 2.56. The highest BCUT2D eigenvalue weighted by atomic mass is 16.5. The summed E-state index contributed by atoms with van der Waals surface area (Å²) in [5.74, 6) is 0. The summed E-state index contributed by atoms with van der Waals surface area (Å²) in [6.07, 6.45) is 5.11. The summed E-state index contributed by atoms with van der Waals surface area (Å²) < 4.78 is 7.69. The molecule has 2 heterocycles. The van der Waals surface area contributed by atoms with E-state index in [-0.39, 0.29) is 6.10 Å². The number of fused-ring (bicyclic) bond motifs is 1. The Morgan fingerprint density at radius 2 is 2.32 bits per heavy atom. The van der Waals surface area contributed by atoms with Crippen LogP contribution in [0.3, 0.4) is 0 Å². The fraction of sp³-hybridized carbons (Fsp3) is 0.400. The van der Waals surface area contributed by atoms with Crippen LogP contribution in [0, 0.1) is 0 Å². The molecule has 2 aromatic rings. The number of hydrogen-bond acceptors (Lipinski definition) is 3. The van der Waals surface area contributed by atoms with Crippen LogP contribution < -0.4 is 5.32 Å². The summed E-state index contributed by atoms with van der Waals surface area (Å²) in [6, 6.07) is 8.56. The molecule has 1 aromatic heterocycles. The van der Waals surface area contributed by atoms with E-state index in [0.717, 1.165) is 26.1 Å². The van der Waals surface area contributed by atoms with Crippen LogP contribution in [0.4, 0.5) is 0 Å². The van der Waals surface area contributed by atoms with Crippen molar-refractivity contribution >= 4 is 0 Å². The molecule has 1 aromatic carbocycles. The predicted molar refractivity (Wildman–Crippen MR) is 73.8 cm³/mol. The second-order valence-corrected chi connectivity index (χ2v) is 4.96. The Morgan fingerprint density at radius 3 is 3.16 bits per heavy atom. The van der Waals surface area contributed by atoms with Gasteiger partial charge in [-0.3, -0.25) is 4.68 Å². The zero-order valence-corrected chi connectivity index (χ0v) is 11.2. The van der Waals surface area contributed by atoms with E-state index in [4.69, 9.17) is 4.74 Å². The first-order valence-electron chi connectivity index (χ1n) is 6.70. The molecular formula is C15H19N3O. The quantitative estimate of drug-likeness (QED) is 0.908. The van der Waals surface area contributed by atoms with E-state index in [2.05, 4.69) is 34.7 Å². The number of aryl methyl sites for hydroxylation is 1. The second-order valence-electron chi connectivity index (χ2n) is 4.96. The van der Waals surface area contributed by atoms with Gasteiger partial charge in [0, 0.05) is 31.9 Å². The van der Waals surface area contributed by atoms with Crippen molar-refractivity contribution in [3.8, 4) is 0 Å². The molecule has 0 saturated heterocycles. The third-order valence-electron chi connectivity index (χ3n) is 3.51. The van der Waals surface area contributed by atoms with Gasteiger partial charge in [0.15, 0.2) is 0 Å². The lowest BCUT2D eigenvalue weighted by Crippen LogP contribution is -2.27. The Labute approximate surface area is 113 Å². The van der Waals surface area contributed by atoms with E-state index >= 15 is 0 Å². The predicted octanol–water partition coefficient (Wildman–Crippen LogP) is 1.82. The van der Waals surface area contributed by atoms with Crippen LogP contribution in [0.2, 0.25) is 0 Å². The van der Waals surface area contributed by atoms with Crippen LogP contribution in [0.5, 0.6) is 0 Å². The minimum Gasteiger partial charge on any atom is -0.372 e. The van der Waals surface area contributed by atoms with Crippen molar-refractivity contribution in [3.63, 3.8) is 0 Å². The smallest absolute Gasteiger partial charge is 0.0952 e. The highest BCUT2D eigenvalue weighted by molar-refractivity contribution is 5.31. The van der Waals surface area contributed by atoms with Crippen molar-refractivity contribution in [2.75, 3.05) is 13.2 Å². The van der Waals surface area contributed by atoms with Crippen molar-refractivity contribution in [3.05, 3.63) is 53.3 Å². The number of nitrogens with one attached hydrogen (secondary N) is 1. The van der Waals surface area contributed by atoms with Gasteiger partial charge in [-0.2, -0.15) is 5.10 Å². The first kappa shape index (κ1) is 12.4. The Bertz CT molecular complexity index is 550. The van der Waals surface area contributed by atoms with Gasteiger partial charge in [0.1, 0.15) is 0 Å². The van der Waals surface area contributed by atoms with Gasteiger partial charge in [-0.1, -0.05) is 24.3 Å². The maximum atomic E-state index is 5.86. The Balaban J connectivity index is 1.59. The second kappa shape index (κ2) is 5.55. The number of rotatable bonds is 4. The Kier molecular flexibility index (Phi) is 3.62. The van der Waals surface area contributed by atoms with Gasteiger partial charge in [-0.15, -0.1) is 0 Å². The minimum absolute atomic E-state index is 0.168. The molecule has 0 spiro atoms. The molecule has 0 amide bonds. The summed E-state index contributed by atoms with van der Waals surface area (Å²) in [5, 5.41) is 7.61. The van der Waals surface area contributed by atoms with E-state index in [1.165, 1.54) is 16.7 Å². The standard InChI is InChI=1S/C15H19N3O/c1-18-11-12(9-17-18)8-16-10-15-14-5-3-2-4-13(14)6-7-19-15/h2-5,9,11,15-16H,6-8,10H2,1H3. The summed E-state index contributed by atoms with van der Waals surface area (Å²) in [7, 11) is 1.93. The number of nitrogens with zero attached hydrogens (tertiary/aromatic N) is 2. The van der Waals surface area contributed by atoms with Gasteiger partial charge in [0.25, 0.3) is 0 Å². The molecule has 0 radical (unpaired) electrons. The molecule has 4 heteroatoms. The van der Waals surface area contributed by atoms with Crippen molar-refractivity contribution in [2.45, 2.75) is 19.1 Å². The van der Waals surface area contributed by atoms with Crippen LogP contribution in [0.1, 0.15) is 22.8 Å². The zero-order valence-electron chi connectivity index (χ0n) is 11.2. The van der Waals surface area contributed by atoms with Crippen molar-refractivity contribution in [1.29, 1.82) is 0 Å². The molecule has 0 aliphatic carbocycles. The van der Waals surface area contributed by atoms with Gasteiger partial charge in [-0.05, 0) is 17.5 Å². The molecule has 1 unspecified atom stereocenters. The fourth-order valence-corrected chi connectivity index (χ4v) is 2.56. The van der Waals surface area contributed by atoms with Gasteiger partial charge in [0.2, 0.25) is 0 Å². The monoisotopic (exact) mass is 257 g/mol. The lowest BCUT2D eigenvalue weighted by Gasteiger charge is -2.26. The normalized spacial score (nSPS) is 18.3. The molecule has 4 nitrogen and oxygen atoms in total. The lowest BCUT2D eigenvalue weighted by atomic mass is 9.97. The van der Waals surface area contributed by atoms with E-state index in [1.807, 2.05) is 24.1 Å². The molecular weight excluding hydrogens is 238 g/mol. The summed E-state index contributed by atoms with van der Waals surface area (Å²) in [6.45, 7) is 2.48. The van der Waals surface area contributed by atoms with Gasteiger partial charge in [0.05, 0.1) is 18.9 Å². The third kappa shape index (κ3) is 2.85. The molecule has 1 N–H and O–H groups in total. The Hall–Kier alpha value is -1.65. The number of ether oxygens (including phenoxy) is 1. The summed E-state index contributed by atoms with van der Waals surface area (Å²) >= 11 is 0. The average molecular weight is 257 g/mol. The first-order valence-corrected chi connectivity index (χ1v) is 6.70. The zero-order chi connectivity index (χ0) is 13.1.